The number of likely N-dealkylation sites (tertiary alicyclic amines) is 1. The van der Waals surface area contributed by atoms with Crippen LogP contribution in [0.3, 0.4) is 0 Å². The predicted molar refractivity (Wildman–Crippen MR) is 111 cm³/mol. The van der Waals surface area contributed by atoms with Gasteiger partial charge in [0, 0.05) is 24.5 Å². The number of hydrogen-bond donors (Lipinski definition) is 0. The number of fused-ring (bicyclic) bond motifs is 2. The van der Waals surface area contributed by atoms with Crippen molar-refractivity contribution in [3.8, 4) is 11.5 Å². The van der Waals surface area contributed by atoms with Crippen LogP contribution < -0.4 is 9.47 Å². The monoisotopic (exact) mass is 388 g/mol. The van der Waals surface area contributed by atoms with E-state index in [0.717, 1.165) is 59.3 Å². The van der Waals surface area contributed by atoms with E-state index in [4.69, 9.17) is 9.47 Å². The summed E-state index contributed by atoms with van der Waals surface area (Å²) >= 11 is 0. The minimum atomic E-state index is 0.0857. The molecule has 2 aliphatic heterocycles. The third kappa shape index (κ3) is 3.53. The summed E-state index contributed by atoms with van der Waals surface area (Å²) in [6.07, 6.45) is 5.02. The Labute approximate surface area is 170 Å². The SMILES string of the molecule is O=C(Cc1cccc2cccnc12)N1CCC[C@@H]1c1ccc2c(c1)OCCCO2. The average molecular weight is 388 g/mol. The summed E-state index contributed by atoms with van der Waals surface area (Å²) in [5.41, 5.74) is 3.02. The molecule has 148 valence electrons. The van der Waals surface area contributed by atoms with Crippen LogP contribution in [0, 0.1) is 0 Å². The maximum absolute atomic E-state index is 13.2. The zero-order valence-corrected chi connectivity index (χ0v) is 16.3. The predicted octanol–water partition coefficient (Wildman–Crippen LogP) is 4.30. The Balaban J connectivity index is 1.39. The molecule has 29 heavy (non-hydrogen) atoms. The van der Waals surface area contributed by atoms with Crippen molar-refractivity contribution in [2.45, 2.75) is 31.7 Å². The fourth-order valence-electron chi connectivity index (χ4n) is 4.37. The van der Waals surface area contributed by atoms with Gasteiger partial charge >= 0.3 is 0 Å². The van der Waals surface area contributed by atoms with Crippen LogP contribution in [0.15, 0.2) is 54.7 Å². The smallest absolute Gasteiger partial charge is 0.227 e. The number of rotatable bonds is 3. The van der Waals surface area contributed by atoms with Gasteiger partial charge in [-0.15, -0.1) is 0 Å². The van der Waals surface area contributed by atoms with Crippen LogP contribution in [-0.2, 0) is 11.2 Å². The minimum absolute atomic E-state index is 0.0857. The van der Waals surface area contributed by atoms with Crippen LogP contribution in [0.1, 0.15) is 36.4 Å². The molecule has 0 spiro atoms. The second-order valence-electron chi connectivity index (χ2n) is 7.67. The number of carbonyl (C=O) groups excluding carboxylic acids is 1. The molecule has 3 heterocycles. The van der Waals surface area contributed by atoms with Crippen molar-refractivity contribution in [3.05, 3.63) is 65.9 Å². The number of aromatic nitrogens is 1. The fourth-order valence-corrected chi connectivity index (χ4v) is 4.37. The zero-order valence-electron chi connectivity index (χ0n) is 16.3. The lowest BCUT2D eigenvalue weighted by Crippen LogP contribution is -2.32. The Bertz CT molecular complexity index is 1040. The molecule has 0 unspecified atom stereocenters. The first-order valence-corrected chi connectivity index (χ1v) is 10.3. The lowest BCUT2D eigenvalue weighted by Gasteiger charge is -2.26. The van der Waals surface area contributed by atoms with E-state index in [1.807, 2.05) is 41.3 Å². The van der Waals surface area contributed by atoms with E-state index in [-0.39, 0.29) is 11.9 Å². The largest absolute Gasteiger partial charge is 0.490 e. The molecular formula is C24H24N2O3. The number of amides is 1. The number of nitrogens with zero attached hydrogens (tertiary/aromatic N) is 2. The molecule has 0 saturated carbocycles. The topological polar surface area (TPSA) is 51.7 Å². The normalized spacial score (nSPS) is 18.6. The third-order valence-corrected chi connectivity index (χ3v) is 5.79. The molecule has 1 saturated heterocycles. The van der Waals surface area contributed by atoms with Crippen molar-refractivity contribution < 1.29 is 14.3 Å². The molecule has 1 atom stereocenters. The van der Waals surface area contributed by atoms with Crippen LogP contribution in [0.2, 0.25) is 0 Å². The van der Waals surface area contributed by atoms with E-state index < -0.39 is 0 Å². The van der Waals surface area contributed by atoms with Gasteiger partial charge < -0.3 is 14.4 Å². The molecule has 1 fully saturated rings. The average Bonchev–Trinajstić information content (AvgIpc) is 3.13. The molecule has 0 aliphatic carbocycles. The van der Waals surface area contributed by atoms with Crippen LogP contribution >= 0.6 is 0 Å². The Morgan fingerprint density at radius 3 is 2.83 bits per heavy atom. The van der Waals surface area contributed by atoms with Gasteiger partial charge in [0.1, 0.15) is 0 Å². The number of pyridine rings is 1. The van der Waals surface area contributed by atoms with E-state index >= 15 is 0 Å². The number of benzene rings is 2. The summed E-state index contributed by atoms with van der Waals surface area (Å²) in [4.78, 5) is 19.7. The van der Waals surface area contributed by atoms with Gasteiger partial charge in [-0.1, -0.05) is 30.3 Å². The molecule has 1 amide bonds. The summed E-state index contributed by atoms with van der Waals surface area (Å²) in [5, 5.41) is 1.07. The summed E-state index contributed by atoms with van der Waals surface area (Å²) in [6.45, 7) is 2.13. The van der Waals surface area contributed by atoms with Crippen molar-refractivity contribution in [3.63, 3.8) is 0 Å². The van der Waals surface area contributed by atoms with Gasteiger partial charge in [0.15, 0.2) is 11.5 Å². The second-order valence-corrected chi connectivity index (χ2v) is 7.67. The highest BCUT2D eigenvalue weighted by Gasteiger charge is 2.31. The summed E-state index contributed by atoms with van der Waals surface area (Å²) in [5.74, 6) is 1.74. The van der Waals surface area contributed by atoms with Gasteiger partial charge in [-0.05, 0) is 42.2 Å². The molecule has 5 heteroatoms. The van der Waals surface area contributed by atoms with Crippen molar-refractivity contribution in [2.24, 2.45) is 0 Å². The first kappa shape index (κ1) is 18.0. The van der Waals surface area contributed by atoms with Crippen molar-refractivity contribution in [2.75, 3.05) is 19.8 Å². The number of hydrogen-bond acceptors (Lipinski definition) is 4. The maximum atomic E-state index is 13.2. The molecule has 2 aromatic carbocycles. The van der Waals surface area contributed by atoms with E-state index in [0.29, 0.717) is 19.6 Å². The molecule has 2 aliphatic rings. The highest BCUT2D eigenvalue weighted by Crippen LogP contribution is 2.38. The summed E-state index contributed by atoms with van der Waals surface area (Å²) in [6, 6.07) is 16.2. The molecular weight excluding hydrogens is 364 g/mol. The first-order valence-electron chi connectivity index (χ1n) is 10.3. The Morgan fingerprint density at radius 1 is 1.03 bits per heavy atom. The zero-order chi connectivity index (χ0) is 19.6. The molecule has 0 radical (unpaired) electrons. The van der Waals surface area contributed by atoms with E-state index in [1.165, 1.54) is 0 Å². The van der Waals surface area contributed by atoms with Gasteiger partial charge in [0.2, 0.25) is 5.91 Å². The van der Waals surface area contributed by atoms with Gasteiger partial charge in [-0.3, -0.25) is 9.78 Å². The lowest BCUT2D eigenvalue weighted by molar-refractivity contribution is -0.131. The molecule has 5 rings (SSSR count). The van der Waals surface area contributed by atoms with Crippen molar-refractivity contribution >= 4 is 16.8 Å². The van der Waals surface area contributed by atoms with Gasteiger partial charge in [0.25, 0.3) is 0 Å². The van der Waals surface area contributed by atoms with Gasteiger partial charge in [0.05, 0.1) is 31.2 Å². The van der Waals surface area contributed by atoms with Gasteiger partial charge in [-0.25, -0.2) is 0 Å². The molecule has 3 aromatic rings. The molecule has 1 aromatic heterocycles. The molecule has 0 bridgehead atoms. The number of ether oxygens (including phenoxy) is 2. The lowest BCUT2D eigenvalue weighted by atomic mass is 10.0. The number of para-hydroxylation sites is 1. The Kier molecular flexibility index (Phi) is 4.80. The van der Waals surface area contributed by atoms with Crippen molar-refractivity contribution in [1.29, 1.82) is 0 Å². The first-order chi connectivity index (χ1) is 14.3. The fraction of sp³-hybridized carbons (Fsp3) is 0.333. The Morgan fingerprint density at radius 2 is 1.90 bits per heavy atom. The van der Waals surface area contributed by atoms with Crippen LogP contribution in [0.25, 0.3) is 10.9 Å². The van der Waals surface area contributed by atoms with Crippen LogP contribution in [0.5, 0.6) is 11.5 Å². The molecule has 5 nitrogen and oxygen atoms in total. The minimum Gasteiger partial charge on any atom is -0.490 e. The summed E-state index contributed by atoms with van der Waals surface area (Å²) in [7, 11) is 0. The van der Waals surface area contributed by atoms with E-state index in [1.54, 1.807) is 6.20 Å². The third-order valence-electron chi connectivity index (χ3n) is 5.79. The highest BCUT2D eigenvalue weighted by molar-refractivity contribution is 5.87. The van der Waals surface area contributed by atoms with E-state index in [2.05, 4.69) is 17.1 Å². The summed E-state index contributed by atoms with van der Waals surface area (Å²) < 4.78 is 11.6. The van der Waals surface area contributed by atoms with Crippen LogP contribution in [0.4, 0.5) is 0 Å². The highest BCUT2D eigenvalue weighted by atomic mass is 16.5. The standard InChI is InChI=1S/C24H24N2O3/c27-23(16-19-6-1-5-17-7-2-11-25-24(17)19)26-12-3-8-20(26)18-9-10-21-22(15-18)29-14-4-13-28-21/h1-2,5-7,9-11,15,20H,3-4,8,12-14,16H2/t20-/m1/s1. The van der Waals surface area contributed by atoms with E-state index in [9.17, 15) is 4.79 Å². The second kappa shape index (κ2) is 7.74. The van der Waals surface area contributed by atoms with Crippen LogP contribution in [-0.4, -0.2) is 35.5 Å². The number of carbonyl (C=O) groups is 1. The molecule has 0 N–H and O–H groups in total. The Hall–Kier alpha value is -3.08. The van der Waals surface area contributed by atoms with Gasteiger partial charge in [-0.2, -0.15) is 0 Å². The quantitative estimate of drug-likeness (QED) is 0.671. The van der Waals surface area contributed by atoms with Crippen molar-refractivity contribution in [1.82, 2.24) is 9.88 Å². The maximum Gasteiger partial charge on any atom is 0.227 e.